The Bertz CT molecular complexity index is 1020. The van der Waals surface area contributed by atoms with Crippen LogP contribution in [-0.2, 0) is 6.18 Å². The van der Waals surface area contributed by atoms with Gasteiger partial charge in [-0.15, -0.1) is 0 Å². The van der Waals surface area contributed by atoms with Crippen LogP contribution in [0.5, 0.6) is 5.75 Å². The number of amides is 2. The number of aromatic amines is 1. The van der Waals surface area contributed by atoms with Crippen molar-refractivity contribution in [2.75, 3.05) is 11.5 Å². The molecule has 2 aromatic carbocycles. The zero-order valence-electron chi connectivity index (χ0n) is 14.0. The van der Waals surface area contributed by atoms with Crippen LogP contribution in [-0.4, -0.2) is 22.8 Å². The molecule has 1 aliphatic heterocycles. The second-order valence-corrected chi connectivity index (χ2v) is 6.22. The van der Waals surface area contributed by atoms with Gasteiger partial charge in [-0.1, -0.05) is 12.1 Å². The fourth-order valence-electron chi connectivity index (χ4n) is 3.42. The molecule has 140 valence electrons. The van der Waals surface area contributed by atoms with Crippen molar-refractivity contribution in [3.8, 4) is 5.75 Å². The zero-order valence-corrected chi connectivity index (χ0v) is 14.0. The molecule has 3 aromatic rings. The monoisotopic (exact) mass is 376 g/mol. The Balaban J connectivity index is 1.82. The van der Waals surface area contributed by atoms with Crippen molar-refractivity contribution in [2.45, 2.75) is 18.6 Å². The predicted molar refractivity (Wildman–Crippen MR) is 92.5 cm³/mol. The van der Waals surface area contributed by atoms with Crippen molar-refractivity contribution in [3.05, 3.63) is 53.7 Å². The first-order valence-corrected chi connectivity index (χ1v) is 8.21. The third-order valence-corrected chi connectivity index (χ3v) is 4.62. The van der Waals surface area contributed by atoms with Crippen LogP contribution in [0.15, 0.2) is 42.6 Å². The lowest BCUT2D eigenvalue weighted by Gasteiger charge is -2.35. The van der Waals surface area contributed by atoms with E-state index in [9.17, 15) is 18.0 Å². The number of halogens is 3. The Morgan fingerprint density at radius 1 is 1.30 bits per heavy atom. The van der Waals surface area contributed by atoms with Crippen LogP contribution < -0.4 is 15.4 Å². The number of aromatic nitrogens is 2. The highest BCUT2D eigenvalue weighted by Crippen LogP contribution is 2.42. The van der Waals surface area contributed by atoms with Gasteiger partial charge in [0.05, 0.1) is 35.6 Å². The number of hydrogen-bond acceptors (Lipinski definition) is 3. The van der Waals surface area contributed by atoms with E-state index < -0.39 is 23.8 Å². The Kier molecular flexibility index (Phi) is 3.94. The third-order valence-electron chi connectivity index (χ3n) is 4.62. The van der Waals surface area contributed by atoms with Gasteiger partial charge in [-0.3, -0.25) is 10.00 Å². The topological polar surface area (TPSA) is 84.2 Å². The third kappa shape index (κ3) is 2.94. The van der Waals surface area contributed by atoms with Crippen molar-refractivity contribution in [2.24, 2.45) is 5.73 Å². The number of anilines is 1. The Labute approximate surface area is 151 Å². The fourth-order valence-corrected chi connectivity index (χ4v) is 3.42. The van der Waals surface area contributed by atoms with Crippen molar-refractivity contribution >= 4 is 22.6 Å². The maximum Gasteiger partial charge on any atom is 0.416 e. The van der Waals surface area contributed by atoms with Crippen LogP contribution >= 0.6 is 0 Å². The smallest absolute Gasteiger partial charge is 0.416 e. The number of H-pyrrole nitrogens is 1. The van der Waals surface area contributed by atoms with Gasteiger partial charge in [-0.25, -0.2) is 4.79 Å². The summed E-state index contributed by atoms with van der Waals surface area (Å²) in [7, 11) is 0. The number of benzene rings is 2. The number of nitrogens with zero attached hydrogens (tertiary/aromatic N) is 2. The van der Waals surface area contributed by atoms with Gasteiger partial charge in [0, 0.05) is 17.4 Å². The molecule has 0 aliphatic carbocycles. The summed E-state index contributed by atoms with van der Waals surface area (Å²) in [6, 6.07) is 7.31. The molecule has 4 rings (SSSR count). The van der Waals surface area contributed by atoms with E-state index in [1.165, 1.54) is 11.0 Å². The number of rotatable bonds is 2. The molecule has 0 saturated carbocycles. The molecule has 2 heterocycles. The summed E-state index contributed by atoms with van der Waals surface area (Å²) in [5.41, 5.74) is 6.58. The lowest BCUT2D eigenvalue weighted by Crippen LogP contribution is -2.41. The molecule has 1 aliphatic rings. The van der Waals surface area contributed by atoms with Gasteiger partial charge in [0.15, 0.2) is 0 Å². The van der Waals surface area contributed by atoms with Crippen LogP contribution in [0.2, 0.25) is 0 Å². The minimum atomic E-state index is -4.48. The molecule has 27 heavy (non-hydrogen) atoms. The van der Waals surface area contributed by atoms with E-state index in [1.807, 2.05) is 0 Å². The van der Waals surface area contributed by atoms with Gasteiger partial charge >= 0.3 is 12.2 Å². The number of nitrogens with one attached hydrogen (secondary N) is 1. The Hall–Kier alpha value is -3.23. The molecule has 1 aromatic heterocycles. The van der Waals surface area contributed by atoms with Gasteiger partial charge in [-0.2, -0.15) is 18.3 Å². The van der Waals surface area contributed by atoms with Crippen molar-refractivity contribution < 1.29 is 22.7 Å². The minimum absolute atomic E-state index is 0.103. The minimum Gasteiger partial charge on any atom is -0.493 e. The molecular formula is C18H15F3N4O2. The van der Waals surface area contributed by atoms with Crippen LogP contribution in [0, 0.1) is 0 Å². The number of urea groups is 1. The molecule has 0 radical (unpaired) electrons. The summed E-state index contributed by atoms with van der Waals surface area (Å²) in [5.74, 6) is 0.103. The first kappa shape index (κ1) is 17.2. The average molecular weight is 376 g/mol. The van der Waals surface area contributed by atoms with E-state index >= 15 is 0 Å². The number of alkyl halides is 3. The number of carbonyl (C=O) groups is 1. The van der Waals surface area contributed by atoms with Gasteiger partial charge in [0.25, 0.3) is 0 Å². The first-order valence-electron chi connectivity index (χ1n) is 8.21. The zero-order chi connectivity index (χ0) is 19.2. The molecular weight excluding hydrogens is 361 g/mol. The first-order chi connectivity index (χ1) is 12.9. The summed E-state index contributed by atoms with van der Waals surface area (Å²) in [5, 5.41) is 7.49. The normalized spacial score (nSPS) is 16.6. The van der Waals surface area contributed by atoms with E-state index in [1.54, 1.807) is 24.4 Å². The molecule has 6 nitrogen and oxygen atoms in total. The standard InChI is InChI=1S/C18H15F3N4O2/c19-18(20,21)10-4-5-11-15(6-7-27-16(11)8-10)25(17(22)26)14-3-1-2-13-12(14)9-23-24-13/h1-5,8-9,15H,6-7H2,(H2,22,26)(H,23,24). The second kappa shape index (κ2) is 6.19. The summed E-state index contributed by atoms with van der Waals surface area (Å²) in [6.45, 7) is 0.171. The summed E-state index contributed by atoms with van der Waals surface area (Å²) in [6.07, 6.45) is -2.50. The van der Waals surface area contributed by atoms with Crippen molar-refractivity contribution in [1.82, 2.24) is 10.2 Å². The van der Waals surface area contributed by atoms with E-state index in [-0.39, 0.29) is 12.4 Å². The number of primary amides is 1. The lowest BCUT2D eigenvalue weighted by molar-refractivity contribution is -0.137. The SMILES string of the molecule is NC(=O)N(c1cccc2[nH]ncc12)C1CCOc2cc(C(F)(F)F)ccc21. The largest absolute Gasteiger partial charge is 0.493 e. The number of nitrogens with two attached hydrogens (primary N) is 1. The molecule has 1 unspecified atom stereocenters. The molecule has 0 spiro atoms. The highest BCUT2D eigenvalue weighted by atomic mass is 19.4. The molecule has 0 fully saturated rings. The quantitative estimate of drug-likeness (QED) is 0.709. The van der Waals surface area contributed by atoms with E-state index in [2.05, 4.69) is 10.2 Å². The molecule has 9 heteroatoms. The van der Waals surface area contributed by atoms with E-state index in [0.717, 1.165) is 17.6 Å². The molecule has 3 N–H and O–H groups in total. The maximum atomic E-state index is 13.0. The van der Waals surface area contributed by atoms with Crippen molar-refractivity contribution in [1.29, 1.82) is 0 Å². The Morgan fingerprint density at radius 3 is 2.85 bits per heavy atom. The summed E-state index contributed by atoms with van der Waals surface area (Å²) in [4.78, 5) is 13.7. The van der Waals surface area contributed by atoms with Gasteiger partial charge in [0.2, 0.25) is 0 Å². The maximum absolute atomic E-state index is 13.0. The predicted octanol–water partition coefficient (Wildman–Crippen LogP) is 3.99. The molecule has 0 saturated heterocycles. The van der Waals surface area contributed by atoms with Crippen LogP contribution in [0.4, 0.5) is 23.7 Å². The van der Waals surface area contributed by atoms with Crippen LogP contribution in [0.3, 0.4) is 0 Å². The van der Waals surface area contributed by atoms with Crippen LogP contribution in [0.1, 0.15) is 23.6 Å². The lowest BCUT2D eigenvalue weighted by atomic mass is 9.96. The second-order valence-electron chi connectivity index (χ2n) is 6.22. The molecule has 1 atom stereocenters. The molecule has 0 bridgehead atoms. The van der Waals surface area contributed by atoms with Gasteiger partial charge < -0.3 is 10.5 Å². The number of fused-ring (bicyclic) bond motifs is 2. The number of carbonyl (C=O) groups excluding carboxylic acids is 1. The fraction of sp³-hybridized carbons (Fsp3) is 0.222. The van der Waals surface area contributed by atoms with Crippen LogP contribution in [0.25, 0.3) is 10.9 Å². The van der Waals surface area contributed by atoms with E-state index in [0.29, 0.717) is 23.1 Å². The highest BCUT2D eigenvalue weighted by Gasteiger charge is 2.35. The van der Waals surface area contributed by atoms with E-state index in [4.69, 9.17) is 10.5 Å². The molecule has 2 amide bonds. The average Bonchev–Trinajstić information content (AvgIpc) is 3.10. The van der Waals surface area contributed by atoms with Crippen molar-refractivity contribution in [3.63, 3.8) is 0 Å². The Morgan fingerprint density at radius 2 is 2.11 bits per heavy atom. The highest BCUT2D eigenvalue weighted by molar-refractivity contribution is 6.02. The van der Waals surface area contributed by atoms with Gasteiger partial charge in [-0.05, 0) is 24.3 Å². The summed E-state index contributed by atoms with van der Waals surface area (Å²) >= 11 is 0. The number of hydrogen-bond donors (Lipinski definition) is 2. The summed E-state index contributed by atoms with van der Waals surface area (Å²) < 4.78 is 44.4. The number of ether oxygens (including phenoxy) is 1. The van der Waals surface area contributed by atoms with Gasteiger partial charge in [0.1, 0.15) is 5.75 Å².